The molecule has 3 N–H and O–H groups in total. The van der Waals surface area contributed by atoms with Crippen LogP contribution in [0.4, 0.5) is 10.1 Å². The smallest absolute Gasteiger partial charge is 0.271 e. The Kier molecular flexibility index (Phi) is 7.18. The van der Waals surface area contributed by atoms with E-state index in [1.165, 1.54) is 48.7 Å². The highest BCUT2D eigenvalue weighted by Gasteiger charge is 2.09. The number of anilines is 1. The van der Waals surface area contributed by atoms with Gasteiger partial charge in [0.25, 0.3) is 11.8 Å². The number of carbonyl (C=O) groups excluding carboxylic acids is 2. The summed E-state index contributed by atoms with van der Waals surface area (Å²) in [5.74, 6) is -1.21. The van der Waals surface area contributed by atoms with E-state index in [0.29, 0.717) is 11.1 Å². The number of hydrogen-bond donors (Lipinski definition) is 3. The Morgan fingerprint density at radius 2 is 1.84 bits per heavy atom. The van der Waals surface area contributed by atoms with Gasteiger partial charge in [0, 0.05) is 5.56 Å². The van der Waals surface area contributed by atoms with Gasteiger partial charge in [-0.2, -0.15) is 5.10 Å². The third-order valence-corrected chi connectivity index (χ3v) is 4.27. The number of phenolic OH excluding ortho intramolecular Hbond substituents is 1. The summed E-state index contributed by atoms with van der Waals surface area (Å²) in [7, 11) is 0. The molecule has 3 rings (SSSR count). The largest absolute Gasteiger partial charge is 0.508 e. The normalized spacial score (nSPS) is 10.6. The van der Waals surface area contributed by atoms with Crippen molar-refractivity contribution in [2.75, 3.05) is 11.9 Å². The quantitative estimate of drug-likeness (QED) is 0.381. The van der Waals surface area contributed by atoms with Gasteiger partial charge >= 0.3 is 0 Å². The number of halogens is 2. The minimum atomic E-state index is -0.546. The van der Waals surface area contributed by atoms with Gasteiger partial charge in [-0.1, -0.05) is 23.7 Å². The maximum atomic E-state index is 13.6. The van der Waals surface area contributed by atoms with Crippen molar-refractivity contribution in [1.82, 2.24) is 5.43 Å². The van der Waals surface area contributed by atoms with Gasteiger partial charge in [0.2, 0.25) is 0 Å². The molecule has 0 unspecified atom stereocenters. The van der Waals surface area contributed by atoms with E-state index < -0.39 is 17.6 Å². The van der Waals surface area contributed by atoms with Crippen LogP contribution in [0.2, 0.25) is 5.02 Å². The lowest BCUT2D eigenvalue weighted by Gasteiger charge is -2.09. The van der Waals surface area contributed by atoms with E-state index >= 15 is 0 Å². The third-order valence-electron chi connectivity index (χ3n) is 3.97. The van der Waals surface area contributed by atoms with Crippen LogP contribution in [0.25, 0.3) is 0 Å². The SMILES string of the molecule is O=C(COc1ccc(C=NNC(=O)c2ccc(O)cc2)cc1Cl)Nc1ccccc1F. The molecule has 31 heavy (non-hydrogen) atoms. The summed E-state index contributed by atoms with van der Waals surface area (Å²) in [4.78, 5) is 23.9. The number of phenols is 1. The predicted octanol–water partition coefficient (Wildman–Crippen LogP) is 3.97. The molecule has 0 radical (unpaired) electrons. The van der Waals surface area contributed by atoms with Crippen molar-refractivity contribution in [3.63, 3.8) is 0 Å². The lowest BCUT2D eigenvalue weighted by Crippen LogP contribution is -2.20. The zero-order chi connectivity index (χ0) is 22.2. The second-order valence-corrected chi connectivity index (χ2v) is 6.66. The number of nitrogens with one attached hydrogen (secondary N) is 2. The molecule has 0 heterocycles. The topological polar surface area (TPSA) is 100 Å². The Hall–Kier alpha value is -3.91. The fraction of sp³-hybridized carbons (Fsp3) is 0.0455. The minimum Gasteiger partial charge on any atom is -0.508 e. The molecule has 0 aliphatic heterocycles. The minimum absolute atomic E-state index is 0.0571. The summed E-state index contributed by atoms with van der Waals surface area (Å²) in [6, 6.07) is 16.2. The molecular formula is C22H17ClFN3O4. The highest BCUT2D eigenvalue weighted by Crippen LogP contribution is 2.25. The monoisotopic (exact) mass is 441 g/mol. The Balaban J connectivity index is 1.52. The van der Waals surface area contributed by atoms with Crippen LogP contribution in [0.1, 0.15) is 15.9 Å². The fourth-order valence-electron chi connectivity index (χ4n) is 2.45. The molecule has 0 bridgehead atoms. The number of nitrogens with zero attached hydrogens (tertiary/aromatic N) is 1. The molecule has 158 valence electrons. The van der Waals surface area contributed by atoms with Crippen LogP contribution in [-0.4, -0.2) is 29.7 Å². The Morgan fingerprint density at radius 1 is 1.10 bits per heavy atom. The molecule has 9 heteroatoms. The molecule has 0 saturated heterocycles. The van der Waals surface area contributed by atoms with Crippen LogP contribution < -0.4 is 15.5 Å². The summed E-state index contributed by atoms with van der Waals surface area (Å²) in [5, 5.41) is 15.7. The maximum Gasteiger partial charge on any atom is 0.271 e. The van der Waals surface area contributed by atoms with E-state index in [2.05, 4.69) is 15.8 Å². The van der Waals surface area contributed by atoms with E-state index in [-0.39, 0.29) is 28.8 Å². The van der Waals surface area contributed by atoms with Gasteiger partial charge < -0.3 is 15.2 Å². The van der Waals surface area contributed by atoms with Gasteiger partial charge in [-0.15, -0.1) is 0 Å². The molecule has 3 aromatic rings. The highest BCUT2D eigenvalue weighted by molar-refractivity contribution is 6.32. The zero-order valence-electron chi connectivity index (χ0n) is 16.0. The van der Waals surface area contributed by atoms with Gasteiger partial charge in [-0.3, -0.25) is 9.59 Å². The molecular weight excluding hydrogens is 425 g/mol. The number of para-hydroxylation sites is 1. The lowest BCUT2D eigenvalue weighted by atomic mass is 10.2. The second-order valence-electron chi connectivity index (χ2n) is 6.25. The number of benzene rings is 3. The molecule has 0 spiro atoms. The lowest BCUT2D eigenvalue weighted by molar-refractivity contribution is -0.118. The first-order valence-electron chi connectivity index (χ1n) is 9.01. The summed E-state index contributed by atoms with van der Waals surface area (Å²) in [6.07, 6.45) is 1.39. The van der Waals surface area contributed by atoms with Crippen molar-refractivity contribution >= 4 is 35.3 Å². The number of hydrazone groups is 1. The average molecular weight is 442 g/mol. The molecule has 2 amide bonds. The first kappa shape index (κ1) is 21.8. The van der Waals surface area contributed by atoms with Crippen LogP contribution in [0, 0.1) is 5.82 Å². The van der Waals surface area contributed by atoms with Crippen molar-refractivity contribution in [3.05, 3.63) is 88.7 Å². The van der Waals surface area contributed by atoms with Crippen LogP contribution in [0.5, 0.6) is 11.5 Å². The molecule has 0 saturated carbocycles. The Bertz CT molecular complexity index is 1120. The van der Waals surface area contributed by atoms with Crippen molar-refractivity contribution in [3.8, 4) is 11.5 Å². The number of amides is 2. The molecule has 7 nitrogen and oxygen atoms in total. The van der Waals surface area contributed by atoms with E-state index in [0.717, 1.165) is 0 Å². The van der Waals surface area contributed by atoms with Crippen LogP contribution in [0.3, 0.4) is 0 Å². The second kappa shape index (κ2) is 10.2. The molecule has 0 fully saturated rings. The molecule has 0 aliphatic rings. The summed E-state index contributed by atoms with van der Waals surface area (Å²) in [5.41, 5.74) is 3.34. The summed E-state index contributed by atoms with van der Waals surface area (Å²) in [6.45, 7) is -0.357. The van der Waals surface area contributed by atoms with Gasteiger partial charge in [-0.05, 0) is 60.2 Å². The van der Waals surface area contributed by atoms with E-state index in [4.69, 9.17) is 16.3 Å². The molecule has 0 aliphatic carbocycles. The number of hydrogen-bond acceptors (Lipinski definition) is 5. The first-order valence-corrected chi connectivity index (χ1v) is 9.39. The van der Waals surface area contributed by atoms with E-state index in [1.54, 1.807) is 24.3 Å². The highest BCUT2D eigenvalue weighted by atomic mass is 35.5. The van der Waals surface area contributed by atoms with Crippen LogP contribution in [-0.2, 0) is 4.79 Å². The number of aromatic hydroxyl groups is 1. The van der Waals surface area contributed by atoms with E-state index in [9.17, 15) is 19.1 Å². The molecule has 0 aromatic heterocycles. The predicted molar refractivity (Wildman–Crippen MR) is 115 cm³/mol. The number of ether oxygens (including phenoxy) is 1. The number of rotatable bonds is 7. The van der Waals surface area contributed by atoms with Crippen molar-refractivity contribution < 1.29 is 23.8 Å². The number of carbonyl (C=O) groups is 2. The van der Waals surface area contributed by atoms with Gasteiger partial charge in [0.15, 0.2) is 6.61 Å². The van der Waals surface area contributed by atoms with Gasteiger partial charge in [0.05, 0.1) is 16.9 Å². The maximum absolute atomic E-state index is 13.6. The van der Waals surface area contributed by atoms with Crippen LogP contribution >= 0.6 is 11.6 Å². The van der Waals surface area contributed by atoms with Crippen LogP contribution in [0.15, 0.2) is 71.8 Å². The summed E-state index contributed by atoms with van der Waals surface area (Å²) >= 11 is 6.16. The zero-order valence-corrected chi connectivity index (χ0v) is 16.8. The Morgan fingerprint density at radius 3 is 2.55 bits per heavy atom. The first-order chi connectivity index (χ1) is 14.9. The van der Waals surface area contributed by atoms with Crippen molar-refractivity contribution in [2.45, 2.75) is 0 Å². The standard InChI is InChI=1S/C22H17ClFN3O4/c23-17-11-14(12-25-27-22(30)15-6-8-16(28)9-7-15)5-10-20(17)31-13-21(29)26-19-4-2-1-3-18(19)24/h1-12,28H,13H2,(H,26,29)(H,27,30). The van der Waals surface area contributed by atoms with Crippen molar-refractivity contribution in [1.29, 1.82) is 0 Å². The third kappa shape index (κ3) is 6.28. The van der Waals surface area contributed by atoms with Crippen molar-refractivity contribution in [2.24, 2.45) is 5.10 Å². The van der Waals surface area contributed by atoms with E-state index in [1.807, 2.05) is 0 Å². The molecule has 3 aromatic carbocycles. The summed E-state index contributed by atoms with van der Waals surface area (Å²) < 4.78 is 18.9. The van der Waals surface area contributed by atoms with Gasteiger partial charge in [-0.25, -0.2) is 9.82 Å². The van der Waals surface area contributed by atoms with Gasteiger partial charge in [0.1, 0.15) is 17.3 Å². The fourth-order valence-corrected chi connectivity index (χ4v) is 2.69. The average Bonchev–Trinajstić information content (AvgIpc) is 2.75. The molecule has 0 atom stereocenters. The Labute approximate surface area is 182 Å².